The SMILES string of the molecule is OC1CCC(C(CN2CCNCC2)c2ccc(-c3ccccc3F)cc2)CC1. The predicted octanol–water partition coefficient (Wildman–Crippen LogP) is 4.03. The van der Waals surface area contributed by atoms with Crippen LogP contribution < -0.4 is 5.32 Å². The second-order valence-corrected chi connectivity index (χ2v) is 8.33. The van der Waals surface area contributed by atoms with Crippen molar-refractivity contribution in [3.8, 4) is 11.1 Å². The Morgan fingerprint density at radius 2 is 1.64 bits per heavy atom. The lowest BCUT2D eigenvalue weighted by Gasteiger charge is -2.37. The van der Waals surface area contributed by atoms with Gasteiger partial charge >= 0.3 is 0 Å². The molecule has 1 aliphatic carbocycles. The maximum atomic E-state index is 14.1. The molecule has 3 nitrogen and oxygen atoms in total. The Bertz CT molecular complexity index is 749. The highest BCUT2D eigenvalue weighted by Crippen LogP contribution is 2.37. The first kappa shape index (κ1) is 19.6. The van der Waals surface area contributed by atoms with Crippen LogP contribution in [0.15, 0.2) is 48.5 Å². The van der Waals surface area contributed by atoms with Crippen molar-refractivity contribution in [3.63, 3.8) is 0 Å². The van der Waals surface area contributed by atoms with E-state index in [4.69, 9.17) is 0 Å². The summed E-state index contributed by atoms with van der Waals surface area (Å²) in [7, 11) is 0. The molecule has 1 unspecified atom stereocenters. The molecule has 2 fully saturated rings. The Labute approximate surface area is 167 Å². The number of benzene rings is 2. The van der Waals surface area contributed by atoms with Crippen molar-refractivity contribution in [3.05, 3.63) is 59.9 Å². The summed E-state index contributed by atoms with van der Waals surface area (Å²) in [5.41, 5.74) is 2.94. The fourth-order valence-corrected chi connectivity index (χ4v) is 4.81. The molecule has 0 bridgehead atoms. The number of nitrogens with zero attached hydrogens (tertiary/aromatic N) is 1. The molecule has 2 aromatic carbocycles. The summed E-state index contributed by atoms with van der Waals surface area (Å²) in [4.78, 5) is 2.57. The van der Waals surface area contributed by atoms with Crippen LogP contribution in [0.3, 0.4) is 0 Å². The van der Waals surface area contributed by atoms with Crippen LogP contribution in [0.2, 0.25) is 0 Å². The standard InChI is InChI=1S/C24H31FN2O/c25-24-4-2-1-3-22(24)18-5-7-19(8-6-18)23(17-27-15-13-26-14-16-27)20-9-11-21(28)12-10-20/h1-8,20-21,23,26,28H,9-17H2. The summed E-state index contributed by atoms with van der Waals surface area (Å²) in [6, 6.07) is 15.5. The van der Waals surface area contributed by atoms with Gasteiger partial charge < -0.3 is 15.3 Å². The molecule has 1 saturated heterocycles. The molecule has 1 aliphatic heterocycles. The zero-order valence-corrected chi connectivity index (χ0v) is 16.5. The normalized spacial score (nSPS) is 24.8. The Kier molecular flexibility index (Phi) is 6.40. The lowest BCUT2D eigenvalue weighted by molar-refractivity contribution is 0.0932. The summed E-state index contributed by atoms with van der Waals surface area (Å²) >= 11 is 0. The quantitative estimate of drug-likeness (QED) is 0.819. The number of hydrogen-bond acceptors (Lipinski definition) is 3. The van der Waals surface area contributed by atoms with E-state index < -0.39 is 0 Å². The maximum absolute atomic E-state index is 14.1. The van der Waals surface area contributed by atoms with E-state index in [1.54, 1.807) is 6.07 Å². The van der Waals surface area contributed by atoms with Gasteiger partial charge in [0, 0.05) is 38.3 Å². The third kappa shape index (κ3) is 4.62. The Morgan fingerprint density at radius 1 is 0.964 bits per heavy atom. The van der Waals surface area contributed by atoms with Gasteiger partial charge in [-0.1, -0.05) is 42.5 Å². The highest BCUT2D eigenvalue weighted by atomic mass is 19.1. The van der Waals surface area contributed by atoms with E-state index in [1.807, 2.05) is 12.1 Å². The van der Waals surface area contributed by atoms with Crippen molar-refractivity contribution < 1.29 is 9.50 Å². The molecule has 1 saturated carbocycles. The lowest BCUT2D eigenvalue weighted by atomic mass is 9.75. The smallest absolute Gasteiger partial charge is 0.131 e. The van der Waals surface area contributed by atoms with E-state index in [0.29, 0.717) is 17.4 Å². The van der Waals surface area contributed by atoms with E-state index in [1.165, 1.54) is 11.6 Å². The van der Waals surface area contributed by atoms with Gasteiger partial charge in [-0.3, -0.25) is 0 Å². The summed E-state index contributed by atoms with van der Waals surface area (Å²) in [5, 5.41) is 13.4. The van der Waals surface area contributed by atoms with Crippen LogP contribution >= 0.6 is 0 Å². The molecule has 0 amide bonds. The molecule has 4 rings (SSSR count). The van der Waals surface area contributed by atoms with Crippen molar-refractivity contribution in [1.29, 1.82) is 0 Å². The molecule has 2 aromatic rings. The summed E-state index contributed by atoms with van der Waals surface area (Å²) in [6.45, 7) is 5.38. The Balaban J connectivity index is 1.55. The van der Waals surface area contributed by atoms with Gasteiger partial charge in [0.05, 0.1) is 6.10 Å². The molecule has 28 heavy (non-hydrogen) atoms. The largest absolute Gasteiger partial charge is 0.393 e. The Hall–Kier alpha value is -1.75. The molecule has 2 N–H and O–H groups in total. The van der Waals surface area contributed by atoms with Crippen LogP contribution in [-0.2, 0) is 0 Å². The topological polar surface area (TPSA) is 35.5 Å². The molecule has 0 aromatic heterocycles. The number of aliphatic hydroxyl groups excluding tert-OH is 1. The van der Waals surface area contributed by atoms with Gasteiger partial charge in [0.15, 0.2) is 0 Å². The molecular weight excluding hydrogens is 351 g/mol. The predicted molar refractivity (Wildman–Crippen MR) is 112 cm³/mol. The third-order valence-corrected chi connectivity index (χ3v) is 6.50. The highest BCUT2D eigenvalue weighted by Gasteiger charge is 2.29. The minimum absolute atomic E-state index is 0.125. The van der Waals surface area contributed by atoms with Crippen molar-refractivity contribution in [2.45, 2.75) is 37.7 Å². The number of piperazine rings is 1. The first-order valence-electron chi connectivity index (χ1n) is 10.7. The highest BCUT2D eigenvalue weighted by molar-refractivity contribution is 5.64. The summed E-state index contributed by atoms with van der Waals surface area (Å²) in [5.74, 6) is 0.909. The average molecular weight is 383 g/mol. The second kappa shape index (κ2) is 9.17. The monoisotopic (exact) mass is 382 g/mol. The second-order valence-electron chi connectivity index (χ2n) is 8.33. The van der Waals surface area contributed by atoms with Crippen molar-refractivity contribution in [1.82, 2.24) is 10.2 Å². The minimum Gasteiger partial charge on any atom is -0.393 e. The van der Waals surface area contributed by atoms with Crippen LogP contribution in [0.25, 0.3) is 11.1 Å². The van der Waals surface area contributed by atoms with Gasteiger partial charge in [0.1, 0.15) is 5.82 Å². The zero-order valence-electron chi connectivity index (χ0n) is 16.5. The molecule has 150 valence electrons. The van der Waals surface area contributed by atoms with Gasteiger partial charge in [-0.2, -0.15) is 0 Å². The summed E-state index contributed by atoms with van der Waals surface area (Å²) in [6.07, 6.45) is 3.88. The van der Waals surface area contributed by atoms with Gasteiger partial charge in [0.25, 0.3) is 0 Å². The molecule has 0 radical (unpaired) electrons. The van der Waals surface area contributed by atoms with Crippen molar-refractivity contribution in [2.75, 3.05) is 32.7 Å². The van der Waals surface area contributed by atoms with Gasteiger partial charge in [0.2, 0.25) is 0 Å². The van der Waals surface area contributed by atoms with Gasteiger partial charge in [-0.25, -0.2) is 4.39 Å². The minimum atomic E-state index is -0.172. The molecule has 1 atom stereocenters. The number of hydrogen-bond donors (Lipinski definition) is 2. The van der Waals surface area contributed by atoms with Crippen LogP contribution in [-0.4, -0.2) is 48.8 Å². The number of halogens is 1. The van der Waals surface area contributed by atoms with Crippen LogP contribution in [0.5, 0.6) is 0 Å². The molecule has 4 heteroatoms. The van der Waals surface area contributed by atoms with Crippen molar-refractivity contribution in [2.24, 2.45) is 5.92 Å². The van der Waals surface area contributed by atoms with E-state index >= 15 is 0 Å². The zero-order chi connectivity index (χ0) is 19.3. The van der Waals surface area contributed by atoms with Crippen LogP contribution in [0.1, 0.15) is 37.2 Å². The fraction of sp³-hybridized carbons (Fsp3) is 0.500. The van der Waals surface area contributed by atoms with Crippen LogP contribution in [0.4, 0.5) is 4.39 Å². The summed E-state index contributed by atoms with van der Waals surface area (Å²) < 4.78 is 14.1. The van der Waals surface area contributed by atoms with E-state index in [9.17, 15) is 9.50 Å². The first-order chi connectivity index (χ1) is 13.7. The molecule has 1 heterocycles. The van der Waals surface area contributed by atoms with Crippen molar-refractivity contribution >= 4 is 0 Å². The number of rotatable bonds is 5. The number of nitrogens with one attached hydrogen (secondary N) is 1. The van der Waals surface area contributed by atoms with Gasteiger partial charge in [-0.15, -0.1) is 0 Å². The lowest BCUT2D eigenvalue weighted by Crippen LogP contribution is -2.46. The van der Waals surface area contributed by atoms with E-state index in [2.05, 4.69) is 34.5 Å². The van der Waals surface area contributed by atoms with Gasteiger partial charge in [-0.05, 0) is 54.7 Å². The van der Waals surface area contributed by atoms with E-state index in [-0.39, 0.29) is 11.9 Å². The first-order valence-corrected chi connectivity index (χ1v) is 10.7. The maximum Gasteiger partial charge on any atom is 0.131 e. The molecule has 2 aliphatic rings. The fourth-order valence-electron chi connectivity index (χ4n) is 4.81. The van der Waals surface area contributed by atoms with Crippen LogP contribution in [0, 0.1) is 11.7 Å². The molecular formula is C24H31FN2O. The number of aliphatic hydroxyl groups is 1. The third-order valence-electron chi connectivity index (χ3n) is 6.50. The Morgan fingerprint density at radius 3 is 2.32 bits per heavy atom. The average Bonchev–Trinajstić information content (AvgIpc) is 2.74. The molecule has 0 spiro atoms. The van der Waals surface area contributed by atoms with E-state index in [0.717, 1.165) is 64.0 Å².